The molecule has 3 aliphatic rings. The molecular formula is C26H30N2O. The van der Waals surface area contributed by atoms with Crippen molar-refractivity contribution < 1.29 is 4.74 Å². The molecule has 0 saturated carbocycles. The minimum absolute atomic E-state index is 0.102. The van der Waals surface area contributed by atoms with E-state index < -0.39 is 0 Å². The maximum absolute atomic E-state index is 6.75. The molecule has 0 N–H and O–H groups in total. The average Bonchev–Trinajstić information content (AvgIpc) is 2.80. The number of ether oxygens (including phenoxy) is 1. The molecular weight excluding hydrogens is 356 g/mol. The van der Waals surface area contributed by atoms with E-state index in [0.717, 1.165) is 23.9 Å². The van der Waals surface area contributed by atoms with E-state index in [4.69, 9.17) is 4.74 Å². The van der Waals surface area contributed by atoms with Gasteiger partial charge in [-0.2, -0.15) is 0 Å². The molecule has 1 unspecified atom stereocenters. The number of fused-ring (bicyclic) bond motifs is 4. The fraction of sp³-hybridized carbons (Fsp3) is 0.423. The van der Waals surface area contributed by atoms with Crippen molar-refractivity contribution in [1.82, 2.24) is 9.88 Å². The van der Waals surface area contributed by atoms with Crippen molar-refractivity contribution in [1.29, 1.82) is 0 Å². The summed E-state index contributed by atoms with van der Waals surface area (Å²) in [6.07, 6.45) is 4.62. The van der Waals surface area contributed by atoms with Crippen LogP contribution in [0, 0.1) is 17.8 Å². The van der Waals surface area contributed by atoms with Crippen LogP contribution in [-0.4, -0.2) is 29.5 Å². The van der Waals surface area contributed by atoms with Gasteiger partial charge in [0.25, 0.3) is 0 Å². The zero-order chi connectivity index (χ0) is 19.6. The Balaban J connectivity index is 1.52. The summed E-state index contributed by atoms with van der Waals surface area (Å²) in [5.41, 5.74) is 3.61. The Kier molecular flexibility index (Phi) is 5.34. The summed E-state index contributed by atoms with van der Waals surface area (Å²) in [6.45, 7) is 6.67. The van der Waals surface area contributed by atoms with E-state index in [1.54, 1.807) is 0 Å². The Bertz CT molecular complexity index is 952. The topological polar surface area (TPSA) is 25.4 Å². The lowest BCUT2D eigenvalue weighted by Crippen LogP contribution is -2.54. The van der Waals surface area contributed by atoms with Gasteiger partial charge in [-0.15, -0.1) is 0 Å². The Hall–Kier alpha value is -2.23. The second kappa shape index (κ2) is 8.25. The predicted molar refractivity (Wildman–Crippen MR) is 118 cm³/mol. The van der Waals surface area contributed by atoms with Gasteiger partial charge in [-0.25, -0.2) is 0 Å². The average molecular weight is 387 g/mol. The number of pyridine rings is 1. The molecule has 29 heavy (non-hydrogen) atoms. The van der Waals surface area contributed by atoms with Crippen molar-refractivity contribution in [2.45, 2.75) is 32.5 Å². The van der Waals surface area contributed by atoms with Crippen molar-refractivity contribution in [3.8, 4) is 0 Å². The van der Waals surface area contributed by atoms with Gasteiger partial charge in [0.05, 0.1) is 18.2 Å². The third kappa shape index (κ3) is 3.70. The molecule has 0 amide bonds. The fourth-order valence-corrected chi connectivity index (χ4v) is 5.61. The summed E-state index contributed by atoms with van der Waals surface area (Å²) in [5, 5.41) is 1.23. The van der Waals surface area contributed by atoms with Crippen LogP contribution in [0.4, 0.5) is 0 Å². The molecule has 0 spiro atoms. The van der Waals surface area contributed by atoms with E-state index in [0.29, 0.717) is 12.5 Å². The lowest BCUT2D eigenvalue weighted by atomic mass is 9.68. The first-order valence-electron chi connectivity index (χ1n) is 11.0. The standard InChI is InChI=1S/C26H30N2O/c1-2-20-16-28-15-13-21(20)24(17-28)26(29-18-19-8-4-3-5-9-19)23-12-14-27-25-11-7-6-10-22(23)25/h3-12,14,20-21,24,26H,2,13,15-18H2,1H3/t20-,21-,24+,26-/m0/s1. The fourth-order valence-electron chi connectivity index (χ4n) is 5.61. The summed E-state index contributed by atoms with van der Waals surface area (Å²) in [7, 11) is 0. The third-order valence-electron chi connectivity index (χ3n) is 7.07. The molecule has 2 bridgehead atoms. The van der Waals surface area contributed by atoms with Gasteiger partial charge in [0.2, 0.25) is 0 Å². The van der Waals surface area contributed by atoms with Gasteiger partial charge in [-0.05, 0) is 48.1 Å². The van der Waals surface area contributed by atoms with Crippen LogP contribution in [0.5, 0.6) is 0 Å². The number of rotatable bonds is 6. The molecule has 3 fully saturated rings. The van der Waals surface area contributed by atoms with Gasteiger partial charge in [0, 0.05) is 30.6 Å². The summed E-state index contributed by atoms with van der Waals surface area (Å²) in [4.78, 5) is 7.27. The maximum Gasteiger partial charge on any atom is 0.0879 e. The Morgan fingerprint density at radius 1 is 1.03 bits per heavy atom. The zero-order valence-electron chi connectivity index (χ0n) is 17.2. The molecule has 150 valence electrons. The highest BCUT2D eigenvalue weighted by atomic mass is 16.5. The molecule has 0 radical (unpaired) electrons. The lowest BCUT2D eigenvalue weighted by molar-refractivity contribution is -0.0931. The van der Waals surface area contributed by atoms with Crippen LogP contribution in [0.2, 0.25) is 0 Å². The largest absolute Gasteiger partial charge is 0.368 e. The molecule has 6 rings (SSSR count). The first kappa shape index (κ1) is 18.8. The number of piperidine rings is 3. The molecule has 3 saturated heterocycles. The second-order valence-corrected chi connectivity index (χ2v) is 8.68. The van der Waals surface area contributed by atoms with Crippen LogP contribution in [0.1, 0.15) is 37.0 Å². The second-order valence-electron chi connectivity index (χ2n) is 8.68. The number of nitrogens with zero attached hydrogens (tertiary/aromatic N) is 2. The quantitative estimate of drug-likeness (QED) is 0.562. The van der Waals surface area contributed by atoms with Crippen molar-refractivity contribution in [2.24, 2.45) is 17.8 Å². The zero-order valence-corrected chi connectivity index (χ0v) is 17.2. The minimum Gasteiger partial charge on any atom is -0.368 e. The molecule has 0 aliphatic carbocycles. The summed E-state index contributed by atoms with van der Waals surface area (Å²) in [5.74, 6) is 2.08. The molecule has 2 aromatic carbocycles. The SMILES string of the molecule is CC[C@H]1CN2CC[C@@H]1[C@H]([C@@H](OCc1ccccc1)c1ccnc3ccccc13)C2. The highest BCUT2D eigenvalue weighted by molar-refractivity contribution is 5.82. The smallest absolute Gasteiger partial charge is 0.0879 e. The van der Waals surface area contributed by atoms with E-state index in [-0.39, 0.29) is 6.10 Å². The van der Waals surface area contributed by atoms with Crippen LogP contribution >= 0.6 is 0 Å². The molecule has 5 atom stereocenters. The molecule has 3 nitrogen and oxygen atoms in total. The Morgan fingerprint density at radius 2 is 1.86 bits per heavy atom. The number of benzene rings is 2. The monoisotopic (exact) mass is 386 g/mol. The highest BCUT2D eigenvalue weighted by Gasteiger charge is 2.44. The third-order valence-corrected chi connectivity index (χ3v) is 7.07. The van der Waals surface area contributed by atoms with Gasteiger partial charge in [0.15, 0.2) is 0 Å². The van der Waals surface area contributed by atoms with Gasteiger partial charge in [-0.1, -0.05) is 61.9 Å². The van der Waals surface area contributed by atoms with E-state index in [1.807, 2.05) is 6.20 Å². The minimum atomic E-state index is 0.102. The summed E-state index contributed by atoms with van der Waals surface area (Å²) in [6, 6.07) is 21.3. The van der Waals surface area contributed by atoms with Crippen LogP contribution in [0.15, 0.2) is 66.9 Å². The van der Waals surface area contributed by atoms with Crippen molar-refractivity contribution in [3.05, 3.63) is 78.0 Å². The highest BCUT2D eigenvalue weighted by Crippen LogP contribution is 2.46. The number of hydrogen-bond donors (Lipinski definition) is 0. The molecule has 3 aromatic rings. The van der Waals surface area contributed by atoms with E-state index in [9.17, 15) is 0 Å². The van der Waals surface area contributed by atoms with Gasteiger partial charge in [-0.3, -0.25) is 4.98 Å². The summed E-state index contributed by atoms with van der Waals surface area (Å²) >= 11 is 0. The first-order chi connectivity index (χ1) is 14.3. The van der Waals surface area contributed by atoms with E-state index in [2.05, 4.69) is 77.5 Å². The lowest BCUT2D eigenvalue weighted by Gasteiger charge is -2.52. The molecule has 4 heterocycles. The van der Waals surface area contributed by atoms with Gasteiger partial charge in [0.1, 0.15) is 0 Å². The number of para-hydroxylation sites is 1. The first-order valence-corrected chi connectivity index (χ1v) is 11.0. The van der Waals surface area contributed by atoms with Crippen LogP contribution in [-0.2, 0) is 11.3 Å². The van der Waals surface area contributed by atoms with Crippen LogP contribution in [0.25, 0.3) is 10.9 Å². The number of hydrogen-bond acceptors (Lipinski definition) is 3. The van der Waals surface area contributed by atoms with Crippen molar-refractivity contribution in [3.63, 3.8) is 0 Å². The van der Waals surface area contributed by atoms with Crippen LogP contribution < -0.4 is 0 Å². The molecule has 1 aromatic heterocycles. The predicted octanol–water partition coefficient (Wildman–Crippen LogP) is 5.47. The molecule has 3 heteroatoms. The number of aromatic nitrogens is 1. The Labute approximate surface area is 173 Å². The summed E-state index contributed by atoms with van der Waals surface area (Å²) < 4.78 is 6.75. The van der Waals surface area contributed by atoms with Crippen molar-refractivity contribution >= 4 is 10.9 Å². The van der Waals surface area contributed by atoms with Crippen LogP contribution in [0.3, 0.4) is 0 Å². The Morgan fingerprint density at radius 3 is 2.69 bits per heavy atom. The normalized spacial score (nSPS) is 27.2. The van der Waals surface area contributed by atoms with Gasteiger partial charge < -0.3 is 9.64 Å². The van der Waals surface area contributed by atoms with E-state index in [1.165, 1.54) is 42.4 Å². The van der Waals surface area contributed by atoms with Gasteiger partial charge >= 0.3 is 0 Å². The van der Waals surface area contributed by atoms with Crippen molar-refractivity contribution in [2.75, 3.05) is 19.6 Å². The maximum atomic E-state index is 6.75. The molecule has 3 aliphatic heterocycles. The van der Waals surface area contributed by atoms with E-state index >= 15 is 0 Å².